The Morgan fingerprint density at radius 1 is 1.48 bits per heavy atom. The molecule has 1 aliphatic carbocycles. The predicted octanol–water partition coefficient (Wildman–Crippen LogP) is 0.330. The Morgan fingerprint density at radius 3 is 2.92 bits per heavy atom. The molecule has 7 nitrogen and oxygen atoms in total. The Morgan fingerprint density at radius 2 is 2.24 bits per heavy atom. The van der Waals surface area contributed by atoms with Crippen LogP contribution in [0.2, 0.25) is 0 Å². The predicted molar refractivity (Wildman–Crippen MR) is 93.8 cm³/mol. The van der Waals surface area contributed by atoms with E-state index in [4.69, 9.17) is 11.1 Å². The maximum atomic E-state index is 14.9. The van der Waals surface area contributed by atoms with Gasteiger partial charge in [-0.05, 0) is 12.8 Å². The minimum absolute atomic E-state index is 0.0446. The number of hydrogen-bond donors (Lipinski definition) is 5. The molecule has 8 heteroatoms. The highest BCUT2D eigenvalue weighted by atomic mass is 19.1. The summed E-state index contributed by atoms with van der Waals surface area (Å²) >= 11 is 0. The van der Waals surface area contributed by atoms with Crippen molar-refractivity contribution in [1.82, 2.24) is 10.3 Å². The van der Waals surface area contributed by atoms with Gasteiger partial charge in [0.15, 0.2) is 11.6 Å². The lowest BCUT2D eigenvalue weighted by Gasteiger charge is -2.30. The fourth-order valence-corrected chi connectivity index (χ4v) is 3.47. The molecule has 1 saturated carbocycles. The monoisotopic (exact) mass is 347 g/mol. The van der Waals surface area contributed by atoms with Gasteiger partial charge in [0.2, 0.25) is 0 Å². The summed E-state index contributed by atoms with van der Waals surface area (Å²) < 4.78 is 14.9. The van der Waals surface area contributed by atoms with Gasteiger partial charge in [-0.15, -0.1) is 0 Å². The SMILES string of the molecule is C[NH2+]C=C(C=N)c1nc(NC2CCCCC2N)c(F)c2c1C(=O)NC2. The molecular weight excluding hydrogens is 323 g/mol. The number of hydrogen-bond acceptors (Lipinski definition) is 5. The lowest BCUT2D eigenvalue weighted by molar-refractivity contribution is -0.555. The van der Waals surface area contributed by atoms with Crippen LogP contribution in [-0.4, -0.2) is 36.2 Å². The van der Waals surface area contributed by atoms with E-state index in [1.165, 1.54) is 0 Å². The minimum atomic E-state index is -0.514. The molecule has 1 aliphatic heterocycles. The molecule has 25 heavy (non-hydrogen) atoms. The highest BCUT2D eigenvalue weighted by Crippen LogP contribution is 2.31. The number of carbonyl (C=O) groups is 1. The Labute approximate surface area is 145 Å². The molecule has 1 aromatic rings. The lowest BCUT2D eigenvalue weighted by atomic mass is 9.91. The molecule has 2 atom stereocenters. The minimum Gasteiger partial charge on any atom is -0.363 e. The molecule has 134 valence electrons. The second kappa shape index (κ2) is 7.28. The number of rotatable bonds is 5. The number of anilines is 1. The van der Waals surface area contributed by atoms with Crippen LogP contribution in [0.25, 0.3) is 5.57 Å². The molecule has 1 amide bonds. The maximum Gasteiger partial charge on any atom is 0.254 e. The number of quaternary nitrogens is 1. The van der Waals surface area contributed by atoms with Crippen molar-refractivity contribution < 1.29 is 14.5 Å². The van der Waals surface area contributed by atoms with Crippen LogP contribution in [0, 0.1) is 11.2 Å². The second-order valence-electron chi connectivity index (χ2n) is 6.46. The first-order valence-corrected chi connectivity index (χ1v) is 8.60. The molecule has 0 bridgehead atoms. The molecule has 2 unspecified atom stereocenters. The van der Waals surface area contributed by atoms with Gasteiger partial charge in [-0.3, -0.25) is 4.79 Å². The fourth-order valence-electron chi connectivity index (χ4n) is 3.47. The Balaban J connectivity index is 2.06. The highest BCUT2D eigenvalue weighted by Gasteiger charge is 2.32. The normalized spacial score (nSPS) is 23.2. The summed E-state index contributed by atoms with van der Waals surface area (Å²) in [6, 6.07) is -0.0926. The Hall–Kier alpha value is -2.32. The molecule has 1 aromatic heterocycles. The van der Waals surface area contributed by atoms with Crippen LogP contribution in [0.3, 0.4) is 0 Å². The van der Waals surface area contributed by atoms with Crippen molar-refractivity contribution >= 4 is 23.5 Å². The van der Waals surface area contributed by atoms with Gasteiger partial charge in [-0.2, -0.15) is 0 Å². The van der Waals surface area contributed by atoms with Crippen LogP contribution in [-0.2, 0) is 6.54 Å². The van der Waals surface area contributed by atoms with Crippen LogP contribution in [0.5, 0.6) is 0 Å². The van der Waals surface area contributed by atoms with Crippen LogP contribution in [0.15, 0.2) is 6.20 Å². The zero-order chi connectivity index (χ0) is 18.0. The summed E-state index contributed by atoms with van der Waals surface area (Å²) in [6.07, 6.45) is 6.70. The van der Waals surface area contributed by atoms with E-state index in [0.717, 1.165) is 31.9 Å². The molecule has 0 radical (unpaired) electrons. The van der Waals surface area contributed by atoms with Gasteiger partial charge in [0, 0.05) is 30.4 Å². The number of allylic oxidation sites excluding steroid dienone is 1. The third kappa shape index (κ3) is 3.27. The quantitative estimate of drug-likeness (QED) is 0.493. The number of aromatic nitrogens is 1. The maximum absolute atomic E-state index is 14.9. The van der Waals surface area contributed by atoms with Crippen LogP contribution < -0.4 is 21.7 Å². The molecule has 0 spiro atoms. The van der Waals surface area contributed by atoms with Crippen molar-refractivity contribution in [3.05, 3.63) is 28.8 Å². The van der Waals surface area contributed by atoms with E-state index in [2.05, 4.69) is 15.6 Å². The standard InChI is InChI=1S/C17H23FN6O/c1-21-7-9(6-19)15-13-10(8-22-17(13)25)14(18)16(24-15)23-12-5-3-2-4-11(12)20/h6-7,11-12,19,21H,2-5,8,20H2,1H3,(H,22,25)(H,23,24)/p+1. The van der Waals surface area contributed by atoms with Crippen LogP contribution >= 0.6 is 0 Å². The van der Waals surface area contributed by atoms with E-state index in [-0.39, 0.29) is 35.9 Å². The van der Waals surface area contributed by atoms with Gasteiger partial charge < -0.3 is 27.1 Å². The second-order valence-corrected chi connectivity index (χ2v) is 6.46. The van der Waals surface area contributed by atoms with E-state index in [0.29, 0.717) is 16.8 Å². The van der Waals surface area contributed by atoms with E-state index >= 15 is 0 Å². The topological polar surface area (TPSA) is 120 Å². The molecular formula is C17H24FN6O+. The molecule has 3 rings (SSSR count). The highest BCUT2D eigenvalue weighted by molar-refractivity contribution is 6.13. The average Bonchev–Trinajstić information content (AvgIpc) is 3.00. The molecule has 0 saturated heterocycles. The summed E-state index contributed by atoms with van der Waals surface area (Å²) in [5.41, 5.74) is 7.45. The van der Waals surface area contributed by atoms with Crippen molar-refractivity contribution in [2.24, 2.45) is 5.73 Å². The summed E-state index contributed by atoms with van der Waals surface area (Å²) in [4.78, 5) is 16.5. The molecule has 2 aliphatic rings. The fraction of sp³-hybridized carbons (Fsp3) is 0.471. The van der Waals surface area contributed by atoms with Crippen molar-refractivity contribution in [1.29, 1.82) is 5.41 Å². The number of fused-ring (bicyclic) bond motifs is 1. The van der Waals surface area contributed by atoms with Gasteiger partial charge in [0.1, 0.15) is 6.20 Å². The molecule has 0 aromatic carbocycles. The zero-order valence-corrected chi connectivity index (χ0v) is 14.2. The number of carbonyl (C=O) groups excluding carboxylic acids is 1. The summed E-state index contributed by atoms with van der Waals surface area (Å²) in [6.45, 7) is 0.127. The Kier molecular flexibility index (Phi) is 5.10. The van der Waals surface area contributed by atoms with Crippen LogP contribution in [0.1, 0.15) is 47.3 Å². The first kappa shape index (κ1) is 17.5. The number of nitrogens with one attached hydrogen (secondary N) is 3. The first-order chi connectivity index (χ1) is 12.1. The van der Waals surface area contributed by atoms with Crippen LogP contribution in [0.4, 0.5) is 10.2 Å². The number of pyridine rings is 1. The smallest absolute Gasteiger partial charge is 0.254 e. The third-order valence-electron chi connectivity index (χ3n) is 4.80. The van der Waals surface area contributed by atoms with Gasteiger partial charge in [-0.1, -0.05) is 12.8 Å². The average molecular weight is 347 g/mol. The van der Waals surface area contributed by atoms with Crippen molar-refractivity contribution in [3.63, 3.8) is 0 Å². The summed E-state index contributed by atoms with van der Waals surface area (Å²) in [5.74, 6) is -0.766. The van der Waals surface area contributed by atoms with Gasteiger partial charge in [0.05, 0.1) is 23.9 Å². The van der Waals surface area contributed by atoms with Gasteiger partial charge in [-0.25, -0.2) is 9.37 Å². The van der Waals surface area contributed by atoms with Crippen molar-refractivity contribution in [2.75, 3.05) is 12.4 Å². The van der Waals surface area contributed by atoms with E-state index in [1.54, 1.807) is 11.5 Å². The number of nitrogens with zero attached hydrogens (tertiary/aromatic N) is 1. The first-order valence-electron chi connectivity index (χ1n) is 8.60. The number of halogens is 1. The lowest BCUT2D eigenvalue weighted by Crippen LogP contribution is -2.72. The van der Waals surface area contributed by atoms with E-state index in [9.17, 15) is 9.18 Å². The summed E-state index contributed by atoms with van der Waals surface area (Å²) in [7, 11) is 1.81. The number of nitrogens with two attached hydrogens (primary N) is 2. The Bertz CT molecular complexity index is 732. The molecule has 2 heterocycles. The molecule has 7 N–H and O–H groups in total. The number of amides is 1. The third-order valence-corrected chi connectivity index (χ3v) is 4.80. The summed E-state index contributed by atoms with van der Waals surface area (Å²) in [5, 5.41) is 15.2. The van der Waals surface area contributed by atoms with E-state index < -0.39 is 5.82 Å². The zero-order valence-electron chi connectivity index (χ0n) is 14.2. The van der Waals surface area contributed by atoms with Gasteiger partial charge >= 0.3 is 0 Å². The van der Waals surface area contributed by atoms with E-state index in [1.807, 2.05) is 7.05 Å². The van der Waals surface area contributed by atoms with Crippen molar-refractivity contribution in [3.8, 4) is 0 Å². The largest absolute Gasteiger partial charge is 0.363 e. The van der Waals surface area contributed by atoms with Gasteiger partial charge in [0.25, 0.3) is 5.91 Å². The molecule has 1 fully saturated rings. The van der Waals surface area contributed by atoms with Crippen molar-refractivity contribution in [2.45, 2.75) is 44.3 Å².